The Morgan fingerprint density at radius 1 is 0.903 bits per heavy atom. The first-order valence-corrected chi connectivity index (χ1v) is 10.6. The zero-order valence-electron chi connectivity index (χ0n) is 17.6. The maximum atomic E-state index is 12.7. The summed E-state index contributed by atoms with van der Waals surface area (Å²) in [6.07, 6.45) is 4.43. The van der Waals surface area contributed by atoms with E-state index in [-0.39, 0.29) is 17.8 Å². The summed E-state index contributed by atoms with van der Waals surface area (Å²) in [7, 11) is 1.84. The van der Waals surface area contributed by atoms with Crippen molar-refractivity contribution < 1.29 is 14.4 Å². The molecule has 8 nitrogen and oxygen atoms in total. The normalized spacial score (nSPS) is 16.1. The van der Waals surface area contributed by atoms with Crippen LogP contribution in [0.2, 0.25) is 0 Å². The summed E-state index contributed by atoms with van der Waals surface area (Å²) in [5, 5.41) is 8.58. The van der Waals surface area contributed by atoms with Gasteiger partial charge in [0.25, 0.3) is 5.91 Å². The summed E-state index contributed by atoms with van der Waals surface area (Å²) in [4.78, 5) is 40.5. The van der Waals surface area contributed by atoms with E-state index in [2.05, 4.69) is 16.0 Å². The third kappa shape index (κ3) is 4.96. The number of fused-ring (bicyclic) bond motifs is 1. The molecule has 31 heavy (non-hydrogen) atoms. The molecule has 1 fully saturated rings. The molecular formula is C23H27N5O3. The fraction of sp³-hybridized carbons (Fsp3) is 0.348. The molecule has 0 bridgehead atoms. The number of hydrogen-bond donors (Lipinski definition) is 3. The number of carbonyl (C=O) groups is 3. The van der Waals surface area contributed by atoms with Gasteiger partial charge >= 0.3 is 6.03 Å². The Kier molecular flexibility index (Phi) is 6.06. The maximum absolute atomic E-state index is 12.7. The topological polar surface area (TPSA) is 93.8 Å². The lowest BCUT2D eigenvalue weighted by Gasteiger charge is -2.27. The number of anilines is 4. The van der Waals surface area contributed by atoms with Crippen LogP contribution in [-0.2, 0) is 4.79 Å². The molecule has 2 aromatic carbocycles. The third-order valence-electron chi connectivity index (χ3n) is 5.61. The number of rotatable bonds is 3. The molecule has 0 aromatic heterocycles. The maximum Gasteiger partial charge on any atom is 0.321 e. The molecule has 1 saturated heterocycles. The smallest absolute Gasteiger partial charge is 0.321 e. The second-order valence-corrected chi connectivity index (χ2v) is 8.00. The van der Waals surface area contributed by atoms with E-state index in [9.17, 15) is 14.4 Å². The van der Waals surface area contributed by atoms with Crippen molar-refractivity contribution in [2.45, 2.75) is 25.7 Å². The average Bonchev–Trinajstić information content (AvgIpc) is 3.04. The van der Waals surface area contributed by atoms with E-state index in [0.29, 0.717) is 29.2 Å². The standard InChI is InChI=1S/C23H27N5O3/c1-27-15-21(29)26-19-14-16(6-11-20(19)27)22(30)24-17-7-9-18(10-8-17)25-23(31)28-12-4-2-3-5-13-28/h6-11,14H,2-5,12-13,15H2,1H3,(H,24,30)(H,25,31)(H,26,29). The summed E-state index contributed by atoms with van der Waals surface area (Å²) in [6, 6.07) is 12.2. The van der Waals surface area contributed by atoms with Gasteiger partial charge < -0.3 is 25.8 Å². The number of likely N-dealkylation sites (tertiary alicyclic amines) is 1. The van der Waals surface area contributed by atoms with Crippen LogP contribution in [0.15, 0.2) is 42.5 Å². The quantitative estimate of drug-likeness (QED) is 0.704. The molecule has 0 saturated carbocycles. The van der Waals surface area contributed by atoms with Crippen LogP contribution >= 0.6 is 0 Å². The Labute approximate surface area is 181 Å². The van der Waals surface area contributed by atoms with E-state index in [1.807, 2.05) is 22.9 Å². The van der Waals surface area contributed by atoms with E-state index in [1.165, 1.54) is 12.8 Å². The minimum absolute atomic E-state index is 0.0836. The number of hydrogen-bond acceptors (Lipinski definition) is 4. The molecule has 0 aliphatic carbocycles. The first-order chi connectivity index (χ1) is 15.0. The van der Waals surface area contributed by atoms with Gasteiger partial charge in [0.05, 0.1) is 17.9 Å². The van der Waals surface area contributed by atoms with Crippen molar-refractivity contribution in [3.8, 4) is 0 Å². The summed E-state index contributed by atoms with van der Waals surface area (Å²) >= 11 is 0. The van der Waals surface area contributed by atoms with Crippen molar-refractivity contribution in [3.05, 3.63) is 48.0 Å². The van der Waals surface area contributed by atoms with E-state index in [0.717, 1.165) is 31.6 Å². The van der Waals surface area contributed by atoms with Gasteiger partial charge in [-0.15, -0.1) is 0 Å². The molecule has 2 heterocycles. The fourth-order valence-corrected chi connectivity index (χ4v) is 3.92. The van der Waals surface area contributed by atoms with Gasteiger partial charge in [-0.3, -0.25) is 9.59 Å². The monoisotopic (exact) mass is 421 g/mol. The Morgan fingerprint density at radius 2 is 1.55 bits per heavy atom. The van der Waals surface area contributed by atoms with Crippen LogP contribution in [0.25, 0.3) is 0 Å². The van der Waals surface area contributed by atoms with Gasteiger partial charge in [0, 0.05) is 37.1 Å². The Morgan fingerprint density at radius 3 is 2.23 bits per heavy atom. The highest BCUT2D eigenvalue weighted by atomic mass is 16.2. The van der Waals surface area contributed by atoms with E-state index < -0.39 is 0 Å². The van der Waals surface area contributed by atoms with Crippen LogP contribution in [0.1, 0.15) is 36.0 Å². The molecule has 0 unspecified atom stereocenters. The molecule has 3 N–H and O–H groups in total. The Hall–Kier alpha value is -3.55. The van der Waals surface area contributed by atoms with Crippen molar-refractivity contribution >= 4 is 40.6 Å². The van der Waals surface area contributed by atoms with Crippen LogP contribution < -0.4 is 20.9 Å². The van der Waals surface area contributed by atoms with E-state index in [4.69, 9.17) is 0 Å². The molecule has 162 valence electrons. The minimum atomic E-state index is -0.272. The number of urea groups is 1. The van der Waals surface area contributed by atoms with E-state index >= 15 is 0 Å². The van der Waals surface area contributed by atoms with Crippen molar-refractivity contribution in [1.29, 1.82) is 0 Å². The zero-order valence-corrected chi connectivity index (χ0v) is 17.6. The summed E-state index contributed by atoms with van der Waals surface area (Å²) < 4.78 is 0. The molecule has 0 spiro atoms. The number of amides is 4. The number of carbonyl (C=O) groups excluding carboxylic acids is 3. The second-order valence-electron chi connectivity index (χ2n) is 8.00. The van der Waals surface area contributed by atoms with Crippen LogP contribution in [0, 0.1) is 0 Å². The predicted molar refractivity (Wildman–Crippen MR) is 122 cm³/mol. The SMILES string of the molecule is CN1CC(=O)Nc2cc(C(=O)Nc3ccc(NC(=O)N4CCCCCC4)cc3)ccc21. The molecule has 0 atom stereocenters. The first-order valence-electron chi connectivity index (χ1n) is 10.6. The molecular weight excluding hydrogens is 394 g/mol. The molecule has 2 aromatic rings. The van der Waals surface area contributed by atoms with Gasteiger partial charge in [0.2, 0.25) is 5.91 Å². The predicted octanol–water partition coefficient (Wildman–Crippen LogP) is 3.74. The molecule has 8 heteroatoms. The summed E-state index contributed by atoms with van der Waals surface area (Å²) in [5.41, 5.74) is 3.26. The van der Waals surface area contributed by atoms with Crippen LogP contribution in [0.4, 0.5) is 27.5 Å². The molecule has 4 amide bonds. The van der Waals surface area contributed by atoms with Crippen molar-refractivity contribution in [3.63, 3.8) is 0 Å². The van der Waals surface area contributed by atoms with Gasteiger partial charge in [-0.25, -0.2) is 4.79 Å². The largest absolute Gasteiger partial charge is 0.364 e. The van der Waals surface area contributed by atoms with E-state index in [1.54, 1.807) is 36.4 Å². The Balaban J connectivity index is 1.37. The number of nitrogens with zero attached hydrogens (tertiary/aromatic N) is 2. The van der Waals surface area contributed by atoms with Crippen LogP contribution in [0.3, 0.4) is 0 Å². The number of nitrogens with one attached hydrogen (secondary N) is 3. The summed E-state index contributed by atoms with van der Waals surface area (Å²) in [6.45, 7) is 1.87. The summed E-state index contributed by atoms with van der Waals surface area (Å²) in [5.74, 6) is -0.378. The van der Waals surface area contributed by atoms with Gasteiger partial charge in [-0.2, -0.15) is 0 Å². The number of benzene rings is 2. The second kappa shape index (κ2) is 9.07. The van der Waals surface area contributed by atoms with Crippen molar-refractivity contribution in [1.82, 2.24) is 4.90 Å². The molecule has 2 aliphatic rings. The molecule has 2 aliphatic heterocycles. The van der Waals surface area contributed by atoms with Crippen molar-refractivity contribution in [2.24, 2.45) is 0 Å². The number of likely N-dealkylation sites (N-methyl/N-ethyl adjacent to an activating group) is 1. The van der Waals surface area contributed by atoms with Crippen LogP contribution in [-0.4, -0.2) is 49.4 Å². The van der Waals surface area contributed by atoms with Gasteiger partial charge in [-0.05, 0) is 55.3 Å². The molecule has 4 rings (SSSR count). The fourth-order valence-electron chi connectivity index (χ4n) is 3.92. The van der Waals surface area contributed by atoms with Gasteiger partial charge in [0.15, 0.2) is 0 Å². The third-order valence-corrected chi connectivity index (χ3v) is 5.61. The lowest BCUT2D eigenvalue weighted by Crippen LogP contribution is -2.35. The zero-order chi connectivity index (χ0) is 21.8. The highest BCUT2D eigenvalue weighted by Crippen LogP contribution is 2.29. The van der Waals surface area contributed by atoms with Crippen LogP contribution in [0.5, 0.6) is 0 Å². The Bertz CT molecular complexity index is 981. The highest BCUT2D eigenvalue weighted by Gasteiger charge is 2.20. The van der Waals surface area contributed by atoms with Gasteiger partial charge in [-0.1, -0.05) is 12.8 Å². The average molecular weight is 422 g/mol. The van der Waals surface area contributed by atoms with Crippen molar-refractivity contribution in [2.75, 3.05) is 47.5 Å². The lowest BCUT2D eigenvalue weighted by molar-refractivity contribution is -0.115. The van der Waals surface area contributed by atoms with Gasteiger partial charge in [0.1, 0.15) is 0 Å². The minimum Gasteiger partial charge on any atom is -0.364 e. The lowest BCUT2D eigenvalue weighted by atomic mass is 10.1. The molecule has 0 radical (unpaired) electrons. The first kappa shape index (κ1) is 20.7. The highest BCUT2D eigenvalue weighted by molar-refractivity contribution is 6.08.